The predicted molar refractivity (Wildman–Crippen MR) is 63.3 cm³/mol. The minimum absolute atomic E-state index is 0.0169. The van der Waals surface area contributed by atoms with Crippen LogP contribution < -0.4 is 4.90 Å². The molecule has 5 heteroatoms. The van der Waals surface area contributed by atoms with Crippen molar-refractivity contribution in [2.24, 2.45) is 0 Å². The van der Waals surface area contributed by atoms with Gasteiger partial charge in [0.1, 0.15) is 11.4 Å². The van der Waals surface area contributed by atoms with Crippen molar-refractivity contribution in [3.63, 3.8) is 0 Å². The molecule has 1 atom stereocenters. The highest BCUT2D eigenvalue weighted by Gasteiger charge is 2.26. The number of pyridine rings is 1. The molecule has 92 valence electrons. The van der Waals surface area contributed by atoms with E-state index in [1.165, 1.54) is 0 Å². The van der Waals surface area contributed by atoms with E-state index in [1.54, 1.807) is 18.3 Å². The highest BCUT2D eigenvalue weighted by molar-refractivity contribution is 5.93. The molecule has 5 nitrogen and oxygen atoms in total. The third-order valence-electron chi connectivity index (χ3n) is 3.13. The molecule has 1 saturated heterocycles. The molecule has 0 radical (unpaired) electrons. The van der Waals surface area contributed by atoms with Gasteiger partial charge in [0.2, 0.25) is 0 Å². The highest BCUT2D eigenvalue weighted by Crippen LogP contribution is 2.25. The van der Waals surface area contributed by atoms with Crippen molar-refractivity contribution < 1.29 is 15.0 Å². The Morgan fingerprint density at radius 3 is 3.06 bits per heavy atom. The fourth-order valence-electron chi connectivity index (χ4n) is 2.26. The Hall–Kier alpha value is -1.62. The van der Waals surface area contributed by atoms with Crippen LogP contribution in [0.2, 0.25) is 0 Å². The van der Waals surface area contributed by atoms with Gasteiger partial charge in [-0.2, -0.15) is 0 Å². The van der Waals surface area contributed by atoms with Crippen LogP contribution in [0.15, 0.2) is 18.3 Å². The standard InChI is InChI=1S/C12H16N2O3/c15-8-9-4-1-2-7-14(9)11-10(12(16)17)5-3-6-13-11/h3,5-6,9,15H,1-2,4,7-8H2,(H,16,17)/t9-/m1/s1. The zero-order valence-electron chi connectivity index (χ0n) is 9.54. The number of hydrogen-bond acceptors (Lipinski definition) is 4. The lowest BCUT2D eigenvalue weighted by atomic mass is 10.0. The van der Waals surface area contributed by atoms with Crippen molar-refractivity contribution in [3.8, 4) is 0 Å². The second-order valence-electron chi connectivity index (χ2n) is 4.21. The summed E-state index contributed by atoms with van der Waals surface area (Å²) in [4.78, 5) is 17.2. The molecule has 17 heavy (non-hydrogen) atoms. The molecule has 2 rings (SSSR count). The minimum Gasteiger partial charge on any atom is -0.478 e. The first-order chi connectivity index (χ1) is 8.24. The van der Waals surface area contributed by atoms with Crippen LogP contribution in [0.4, 0.5) is 5.82 Å². The molecule has 0 saturated carbocycles. The molecule has 1 aliphatic heterocycles. The molecular formula is C12H16N2O3. The number of aromatic nitrogens is 1. The number of rotatable bonds is 3. The van der Waals surface area contributed by atoms with E-state index < -0.39 is 5.97 Å². The summed E-state index contributed by atoms with van der Waals surface area (Å²) < 4.78 is 0. The maximum Gasteiger partial charge on any atom is 0.339 e. The normalized spacial score (nSPS) is 20.3. The molecule has 1 aromatic heterocycles. The van der Waals surface area contributed by atoms with E-state index in [0.29, 0.717) is 5.82 Å². The smallest absolute Gasteiger partial charge is 0.339 e. The van der Waals surface area contributed by atoms with E-state index in [0.717, 1.165) is 25.8 Å². The lowest BCUT2D eigenvalue weighted by Crippen LogP contribution is -2.43. The first-order valence-corrected chi connectivity index (χ1v) is 5.80. The fourth-order valence-corrected chi connectivity index (χ4v) is 2.26. The Kier molecular flexibility index (Phi) is 3.58. The zero-order valence-corrected chi connectivity index (χ0v) is 9.54. The van der Waals surface area contributed by atoms with Crippen LogP contribution in [-0.4, -0.2) is 40.4 Å². The number of aliphatic hydroxyl groups is 1. The van der Waals surface area contributed by atoms with E-state index >= 15 is 0 Å². The molecule has 0 bridgehead atoms. The van der Waals surface area contributed by atoms with E-state index in [9.17, 15) is 9.90 Å². The van der Waals surface area contributed by atoms with Gasteiger partial charge in [0.15, 0.2) is 0 Å². The second-order valence-corrected chi connectivity index (χ2v) is 4.21. The average Bonchev–Trinajstić information content (AvgIpc) is 2.38. The van der Waals surface area contributed by atoms with Crippen LogP contribution in [0.3, 0.4) is 0 Å². The Labute approximate surface area is 99.7 Å². The molecule has 2 N–H and O–H groups in total. The van der Waals surface area contributed by atoms with Gasteiger partial charge in [0.25, 0.3) is 0 Å². The van der Waals surface area contributed by atoms with E-state index in [4.69, 9.17) is 5.11 Å². The molecular weight excluding hydrogens is 220 g/mol. The number of carbonyl (C=O) groups is 1. The molecule has 1 aliphatic rings. The van der Waals surface area contributed by atoms with Gasteiger partial charge in [-0.25, -0.2) is 9.78 Å². The number of carboxylic acid groups (broad SMARTS) is 1. The summed E-state index contributed by atoms with van der Waals surface area (Å²) in [6, 6.07) is 3.15. The Morgan fingerprint density at radius 1 is 1.53 bits per heavy atom. The number of piperidine rings is 1. The van der Waals surface area contributed by atoms with Gasteiger partial charge in [-0.15, -0.1) is 0 Å². The van der Waals surface area contributed by atoms with Crippen LogP contribution in [0.25, 0.3) is 0 Å². The number of nitrogens with zero attached hydrogens (tertiary/aromatic N) is 2. The predicted octanol–water partition coefficient (Wildman–Crippen LogP) is 1.13. The summed E-state index contributed by atoms with van der Waals surface area (Å²) in [7, 11) is 0. The largest absolute Gasteiger partial charge is 0.478 e. The van der Waals surface area contributed by atoms with Crippen LogP contribution in [0.1, 0.15) is 29.6 Å². The maximum atomic E-state index is 11.1. The van der Waals surface area contributed by atoms with Gasteiger partial charge in [-0.1, -0.05) is 0 Å². The van der Waals surface area contributed by atoms with Crippen LogP contribution in [0, 0.1) is 0 Å². The Bertz CT molecular complexity index is 408. The van der Waals surface area contributed by atoms with E-state index in [1.807, 2.05) is 4.90 Å². The minimum atomic E-state index is -0.977. The van der Waals surface area contributed by atoms with Crippen molar-refractivity contribution in [1.82, 2.24) is 4.98 Å². The first-order valence-electron chi connectivity index (χ1n) is 5.80. The molecule has 1 fully saturated rings. The van der Waals surface area contributed by atoms with Crippen LogP contribution in [-0.2, 0) is 0 Å². The van der Waals surface area contributed by atoms with Gasteiger partial charge in [0.05, 0.1) is 12.6 Å². The summed E-state index contributed by atoms with van der Waals surface area (Å²) in [6.45, 7) is 0.790. The van der Waals surface area contributed by atoms with Crippen molar-refractivity contribution >= 4 is 11.8 Å². The molecule has 2 heterocycles. The van der Waals surface area contributed by atoms with Gasteiger partial charge in [-0.3, -0.25) is 0 Å². The number of aliphatic hydroxyl groups excluding tert-OH is 1. The van der Waals surface area contributed by atoms with Crippen LogP contribution >= 0.6 is 0 Å². The topological polar surface area (TPSA) is 73.7 Å². The molecule has 0 aromatic carbocycles. The van der Waals surface area contributed by atoms with Gasteiger partial charge < -0.3 is 15.1 Å². The van der Waals surface area contributed by atoms with Crippen molar-refractivity contribution in [3.05, 3.63) is 23.9 Å². The zero-order chi connectivity index (χ0) is 12.3. The molecule has 1 aromatic rings. The quantitative estimate of drug-likeness (QED) is 0.823. The summed E-state index contributed by atoms with van der Waals surface area (Å²) in [5, 5.41) is 18.5. The molecule has 0 unspecified atom stereocenters. The monoisotopic (exact) mass is 236 g/mol. The fraction of sp³-hybridized carbons (Fsp3) is 0.500. The molecule has 0 amide bonds. The van der Waals surface area contributed by atoms with E-state index in [-0.39, 0.29) is 18.2 Å². The SMILES string of the molecule is O=C(O)c1cccnc1N1CCCC[C@@H]1CO. The second kappa shape index (κ2) is 5.14. The van der Waals surface area contributed by atoms with Gasteiger partial charge in [0, 0.05) is 12.7 Å². The highest BCUT2D eigenvalue weighted by atomic mass is 16.4. The summed E-state index contributed by atoms with van der Waals surface area (Å²) in [5.74, 6) is -0.505. The van der Waals surface area contributed by atoms with Crippen molar-refractivity contribution in [2.45, 2.75) is 25.3 Å². The maximum absolute atomic E-state index is 11.1. The molecule has 0 spiro atoms. The number of hydrogen-bond donors (Lipinski definition) is 2. The third-order valence-corrected chi connectivity index (χ3v) is 3.13. The number of carboxylic acids is 1. The lowest BCUT2D eigenvalue weighted by molar-refractivity contribution is 0.0696. The molecule has 0 aliphatic carbocycles. The van der Waals surface area contributed by atoms with Crippen molar-refractivity contribution in [2.75, 3.05) is 18.1 Å². The van der Waals surface area contributed by atoms with Crippen molar-refractivity contribution in [1.29, 1.82) is 0 Å². The summed E-state index contributed by atoms with van der Waals surface area (Å²) >= 11 is 0. The lowest BCUT2D eigenvalue weighted by Gasteiger charge is -2.36. The van der Waals surface area contributed by atoms with E-state index in [2.05, 4.69) is 4.98 Å². The summed E-state index contributed by atoms with van der Waals surface area (Å²) in [6.07, 6.45) is 4.54. The Morgan fingerprint density at radius 2 is 2.35 bits per heavy atom. The van der Waals surface area contributed by atoms with Crippen LogP contribution in [0.5, 0.6) is 0 Å². The third kappa shape index (κ3) is 2.39. The Balaban J connectivity index is 2.34. The van der Waals surface area contributed by atoms with Gasteiger partial charge >= 0.3 is 5.97 Å². The van der Waals surface area contributed by atoms with Gasteiger partial charge in [-0.05, 0) is 31.4 Å². The number of aromatic carboxylic acids is 1. The number of anilines is 1. The first kappa shape index (κ1) is 11.9. The average molecular weight is 236 g/mol. The summed E-state index contributed by atoms with van der Waals surface area (Å²) in [5.41, 5.74) is 0.202.